The van der Waals surface area contributed by atoms with Gasteiger partial charge in [0, 0.05) is 11.4 Å². The second-order valence-electron chi connectivity index (χ2n) is 6.53. The van der Waals surface area contributed by atoms with Crippen LogP contribution in [0.25, 0.3) is 0 Å². The van der Waals surface area contributed by atoms with Crippen LogP contribution in [0.4, 0.5) is 0 Å². The molecule has 0 aliphatic heterocycles. The van der Waals surface area contributed by atoms with Crippen molar-refractivity contribution >= 4 is 11.6 Å². The van der Waals surface area contributed by atoms with E-state index in [9.17, 15) is 5.11 Å². The fourth-order valence-corrected chi connectivity index (χ4v) is 2.90. The summed E-state index contributed by atoms with van der Waals surface area (Å²) in [6.45, 7) is 4.20. The summed E-state index contributed by atoms with van der Waals surface area (Å²) in [7, 11) is 0. The maximum absolute atomic E-state index is 10.5. The monoisotopic (exact) mass is 310 g/mol. The van der Waals surface area contributed by atoms with E-state index in [0.717, 1.165) is 23.4 Å². The Balaban J connectivity index is 2.13. The SMILES string of the molecule is CCCCCCCCCCC(C)(O)Cc1ccc(Cl)cc1. The van der Waals surface area contributed by atoms with Crippen molar-refractivity contribution in [1.82, 2.24) is 0 Å². The highest BCUT2D eigenvalue weighted by atomic mass is 35.5. The highest BCUT2D eigenvalue weighted by molar-refractivity contribution is 6.30. The number of halogens is 1. The molecule has 1 aromatic carbocycles. The van der Waals surface area contributed by atoms with E-state index in [1.165, 1.54) is 44.9 Å². The average molecular weight is 311 g/mol. The smallest absolute Gasteiger partial charge is 0.0660 e. The van der Waals surface area contributed by atoms with Crippen LogP contribution in [0.15, 0.2) is 24.3 Å². The van der Waals surface area contributed by atoms with Gasteiger partial charge in [0.2, 0.25) is 0 Å². The number of aliphatic hydroxyl groups is 1. The molecule has 1 N–H and O–H groups in total. The first kappa shape index (κ1) is 18.5. The molecule has 120 valence electrons. The van der Waals surface area contributed by atoms with Crippen LogP contribution >= 0.6 is 11.6 Å². The van der Waals surface area contributed by atoms with E-state index in [4.69, 9.17) is 11.6 Å². The van der Waals surface area contributed by atoms with Crippen molar-refractivity contribution in [2.75, 3.05) is 0 Å². The topological polar surface area (TPSA) is 20.2 Å². The summed E-state index contributed by atoms with van der Waals surface area (Å²) in [5.74, 6) is 0. The van der Waals surface area contributed by atoms with Crippen molar-refractivity contribution in [3.63, 3.8) is 0 Å². The molecule has 1 aromatic rings. The molecule has 1 unspecified atom stereocenters. The molecule has 0 aliphatic carbocycles. The summed E-state index contributed by atoms with van der Waals surface area (Å²) in [6, 6.07) is 7.79. The Labute approximate surface area is 135 Å². The normalized spacial score (nSPS) is 14.1. The van der Waals surface area contributed by atoms with Crippen molar-refractivity contribution < 1.29 is 5.11 Å². The zero-order valence-electron chi connectivity index (χ0n) is 13.7. The number of hydrogen-bond donors (Lipinski definition) is 1. The Bertz CT molecular complexity index is 370. The number of unbranched alkanes of at least 4 members (excludes halogenated alkanes) is 7. The van der Waals surface area contributed by atoms with Crippen molar-refractivity contribution in [2.45, 2.75) is 83.7 Å². The van der Waals surface area contributed by atoms with Gasteiger partial charge in [0.25, 0.3) is 0 Å². The van der Waals surface area contributed by atoms with E-state index in [1.807, 2.05) is 31.2 Å². The van der Waals surface area contributed by atoms with E-state index in [0.29, 0.717) is 6.42 Å². The van der Waals surface area contributed by atoms with Crippen molar-refractivity contribution in [3.8, 4) is 0 Å². The highest BCUT2D eigenvalue weighted by Gasteiger charge is 2.20. The third-order valence-corrected chi connectivity index (χ3v) is 4.32. The predicted molar refractivity (Wildman–Crippen MR) is 93.0 cm³/mol. The van der Waals surface area contributed by atoms with Gasteiger partial charge in [0.1, 0.15) is 0 Å². The standard InChI is InChI=1S/C19H31ClO/c1-3-4-5-6-7-8-9-10-15-19(2,21)16-17-11-13-18(20)14-12-17/h11-14,21H,3-10,15-16H2,1-2H3. The van der Waals surface area contributed by atoms with Crippen LogP contribution in [0, 0.1) is 0 Å². The van der Waals surface area contributed by atoms with Crippen LogP contribution in [0.1, 0.15) is 77.2 Å². The minimum absolute atomic E-state index is 0.601. The van der Waals surface area contributed by atoms with Gasteiger partial charge in [0.05, 0.1) is 5.60 Å². The van der Waals surface area contributed by atoms with E-state index >= 15 is 0 Å². The van der Waals surface area contributed by atoms with Gasteiger partial charge in [-0.15, -0.1) is 0 Å². The Morgan fingerprint density at radius 2 is 1.43 bits per heavy atom. The van der Waals surface area contributed by atoms with Crippen LogP contribution in [0.3, 0.4) is 0 Å². The van der Waals surface area contributed by atoms with E-state index in [-0.39, 0.29) is 0 Å². The molecule has 1 atom stereocenters. The van der Waals surface area contributed by atoms with Crippen molar-refractivity contribution in [2.24, 2.45) is 0 Å². The van der Waals surface area contributed by atoms with Crippen LogP contribution in [-0.4, -0.2) is 10.7 Å². The molecule has 0 saturated heterocycles. The maximum Gasteiger partial charge on any atom is 0.0660 e. The Kier molecular flexibility index (Phi) is 9.03. The zero-order valence-corrected chi connectivity index (χ0v) is 14.5. The largest absolute Gasteiger partial charge is 0.390 e. The molecule has 0 heterocycles. The van der Waals surface area contributed by atoms with Gasteiger partial charge in [-0.3, -0.25) is 0 Å². The molecule has 0 fully saturated rings. The van der Waals surface area contributed by atoms with Gasteiger partial charge in [-0.2, -0.15) is 0 Å². The van der Waals surface area contributed by atoms with Gasteiger partial charge in [-0.25, -0.2) is 0 Å². The molecular weight excluding hydrogens is 280 g/mol. The second kappa shape index (κ2) is 10.2. The zero-order chi connectivity index (χ0) is 15.6. The molecule has 0 saturated carbocycles. The van der Waals surface area contributed by atoms with Gasteiger partial charge in [0.15, 0.2) is 0 Å². The molecule has 21 heavy (non-hydrogen) atoms. The molecule has 0 aromatic heterocycles. The minimum atomic E-state index is -0.601. The quantitative estimate of drug-likeness (QED) is 0.485. The lowest BCUT2D eigenvalue weighted by molar-refractivity contribution is 0.0484. The minimum Gasteiger partial charge on any atom is -0.390 e. The maximum atomic E-state index is 10.5. The summed E-state index contributed by atoms with van der Waals surface area (Å²) in [6.07, 6.45) is 12.0. The van der Waals surface area contributed by atoms with E-state index in [2.05, 4.69) is 6.92 Å². The predicted octanol–water partition coefficient (Wildman–Crippen LogP) is 6.16. The van der Waals surface area contributed by atoms with Crippen LogP contribution in [0.2, 0.25) is 5.02 Å². The molecule has 0 aliphatic rings. The summed E-state index contributed by atoms with van der Waals surface area (Å²) in [4.78, 5) is 0. The molecule has 1 rings (SSSR count). The Hall–Kier alpha value is -0.530. The lowest BCUT2D eigenvalue weighted by atomic mass is 9.91. The Morgan fingerprint density at radius 3 is 2.00 bits per heavy atom. The van der Waals surface area contributed by atoms with E-state index < -0.39 is 5.60 Å². The lowest BCUT2D eigenvalue weighted by Gasteiger charge is -2.23. The van der Waals surface area contributed by atoms with E-state index in [1.54, 1.807) is 0 Å². The number of benzene rings is 1. The lowest BCUT2D eigenvalue weighted by Crippen LogP contribution is -2.26. The van der Waals surface area contributed by atoms with Gasteiger partial charge >= 0.3 is 0 Å². The summed E-state index contributed by atoms with van der Waals surface area (Å²) < 4.78 is 0. The molecule has 0 radical (unpaired) electrons. The fourth-order valence-electron chi connectivity index (χ4n) is 2.77. The van der Waals surface area contributed by atoms with Gasteiger partial charge in [-0.05, 0) is 31.0 Å². The van der Waals surface area contributed by atoms with Crippen molar-refractivity contribution in [1.29, 1.82) is 0 Å². The fraction of sp³-hybridized carbons (Fsp3) is 0.684. The Morgan fingerprint density at radius 1 is 0.905 bits per heavy atom. The first-order valence-electron chi connectivity index (χ1n) is 8.50. The third kappa shape index (κ3) is 9.16. The van der Waals surface area contributed by atoms with Crippen LogP contribution in [-0.2, 0) is 6.42 Å². The summed E-state index contributed by atoms with van der Waals surface area (Å²) in [5, 5.41) is 11.2. The molecule has 0 amide bonds. The molecule has 1 nitrogen and oxygen atoms in total. The summed E-state index contributed by atoms with van der Waals surface area (Å²) in [5.41, 5.74) is 0.555. The highest BCUT2D eigenvalue weighted by Crippen LogP contribution is 2.22. The first-order chi connectivity index (χ1) is 10.0. The van der Waals surface area contributed by atoms with Crippen LogP contribution < -0.4 is 0 Å². The molecular formula is C19H31ClO. The van der Waals surface area contributed by atoms with Gasteiger partial charge in [-0.1, -0.05) is 82.0 Å². The molecule has 2 heteroatoms. The number of hydrogen-bond acceptors (Lipinski definition) is 1. The van der Waals surface area contributed by atoms with Crippen LogP contribution in [0.5, 0.6) is 0 Å². The third-order valence-electron chi connectivity index (χ3n) is 4.07. The molecule has 0 spiro atoms. The van der Waals surface area contributed by atoms with Gasteiger partial charge < -0.3 is 5.11 Å². The second-order valence-corrected chi connectivity index (χ2v) is 6.96. The first-order valence-corrected chi connectivity index (χ1v) is 8.88. The molecule has 0 bridgehead atoms. The summed E-state index contributed by atoms with van der Waals surface area (Å²) >= 11 is 5.88. The van der Waals surface area contributed by atoms with Crippen molar-refractivity contribution in [3.05, 3.63) is 34.9 Å². The average Bonchev–Trinajstić information content (AvgIpc) is 2.44. The number of rotatable bonds is 11.